The Bertz CT molecular complexity index is 8.00. The van der Waals surface area contributed by atoms with E-state index in [1.54, 1.807) is 0 Å². The largest absolute Gasteiger partial charge is 0 e. The maximum atomic E-state index is 0. The fourth-order valence-corrected chi connectivity index (χ4v) is 0. The van der Waals surface area contributed by atoms with Crippen molar-refractivity contribution < 1.29 is 21.1 Å². The Balaban J connectivity index is 0. The molecule has 0 bridgehead atoms. The van der Waals surface area contributed by atoms with E-state index in [0.717, 1.165) is 0 Å². The smallest absolute Gasteiger partial charge is 0 e. The summed E-state index contributed by atoms with van der Waals surface area (Å²) in [6.07, 6.45) is 0. The van der Waals surface area contributed by atoms with Gasteiger partial charge in [0.25, 0.3) is 0 Å². The van der Waals surface area contributed by atoms with Crippen LogP contribution in [0.5, 0.6) is 0 Å². The van der Waals surface area contributed by atoms with E-state index in [1.807, 2.05) is 0 Å². The number of hydrogen-bond acceptors (Lipinski definition) is 0. The molecule has 0 saturated carbocycles. The van der Waals surface area contributed by atoms with Crippen LogP contribution in [0.25, 0.3) is 0 Å². The van der Waals surface area contributed by atoms with Crippen molar-refractivity contribution in [2.24, 2.45) is 0 Å². The molecule has 20 valence electrons. The van der Waals surface area contributed by atoms with Gasteiger partial charge < -0.3 is 0 Å². The number of hydrogen-bond donors (Lipinski definition) is 0. The fraction of sp³-hybridized carbons (Fsp3) is 0. The van der Waals surface area contributed by atoms with Crippen molar-refractivity contribution in [3.05, 3.63) is 0 Å². The van der Waals surface area contributed by atoms with Crippen molar-refractivity contribution in [3.8, 4) is 0 Å². The van der Waals surface area contributed by atoms with Crippen LogP contribution in [-0.2, 0) is 21.1 Å². The van der Waals surface area contributed by atoms with Gasteiger partial charge in [-0.2, -0.15) is 0 Å². The van der Waals surface area contributed by atoms with E-state index >= 15 is 0 Å². The van der Waals surface area contributed by atoms with Crippen molar-refractivity contribution in [2.75, 3.05) is 0 Å². The molecule has 0 aliphatic rings. The minimum Gasteiger partial charge on any atom is 0 e. The molecule has 4 heavy (non-hydrogen) atoms. The second kappa shape index (κ2) is 16.2. The standard InChI is InChI=1S/Bi.Mo.Pb.Sb. The van der Waals surface area contributed by atoms with Gasteiger partial charge in [-0.15, -0.1) is 0 Å². The zero-order valence-corrected chi connectivity index (χ0v) is 13.7. The first-order chi connectivity index (χ1) is 0. The van der Waals surface area contributed by atoms with Crippen molar-refractivity contribution in [1.29, 1.82) is 0 Å². The summed E-state index contributed by atoms with van der Waals surface area (Å²) in [5.41, 5.74) is 0. The molecule has 4 heteroatoms. The first-order valence-electron chi connectivity index (χ1n) is 0. The third-order valence-electron chi connectivity index (χ3n) is 0. The maximum absolute atomic E-state index is 0. The van der Waals surface area contributed by atoms with Crippen LogP contribution in [0.15, 0.2) is 0 Å². The Labute approximate surface area is 96.9 Å². The minimum atomic E-state index is 0. The Hall–Kier alpha value is 3.31. The summed E-state index contributed by atoms with van der Waals surface area (Å²) in [7, 11) is 0. The average molecular weight is 634 g/mol. The van der Waals surface area contributed by atoms with E-state index in [9.17, 15) is 0 Å². The predicted octanol–water partition coefficient (Wildman–Crippen LogP) is -1.14. The average Bonchev–Trinajstić information content (AvgIpc) is 0. The Morgan fingerprint density at radius 1 is 1.00 bits per heavy atom. The van der Waals surface area contributed by atoms with E-state index < -0.39 is 0 Å². The van der Waals surface area contributed by atoms with Crippen LogP contribution in [0.4, 0.5) is 0 Å². The molecule has 0 unspecified atom stereocenters. The molecular weight excluding hydrogens is 634 g/mol. The maximum Gasteiger partial charge on any atom is 0 e. The van der Waals surface area contributed by atoms with Gasteiger partial charge in [-0.1, -0.05) is 0 Å². The first kappa shape index (κ1) is 26.6. The van der Waals surface area contributed by atoms with Gasteiger partial charge in [-0.25, -0.2) is 0 Å². The van der Waals surface area contributed by atoms with Gasteiger partial charge in [0.2, 0.25) is 0 Å². The Morgan fingerprint density at radius 3 is 1.00 bits per heavy atom. The van der Waals surface area contributed by atoms with Crippen LogP contribution < -0.4 is 0 Å². The molecule has 0 heterocycles. The van der Waals surface area contributed by atoms with Crippen molar-refractivity contribution in [3.63, 3.8) is 0 Å². The van der Waals surface area contributed by atoms with Crippen LogP contribution >= 0.6 is 0 Å². The van der Waals surface area contributed by atoms with Gasteiger partial charge in [0, 0.05) is 99.0 Å². The summed E-state index contributed by atoms with van der Waals surface area (Å²) in [6, 6.07) is 0. The molecule has 0 spiro atoms. The van der Waals surface area contributed by atoms with Gasteiger partial charge in [0.05, 0.1) is 0 Å². The molecule has 0 saturated heterocycles. The molecule has 0 aliphatic heterocycles. The monoisotopic (exact) mass is 636 g/mol. The van der Waals surface area contributed by atoms with Crippen LogP contribution in [0.3, 0.4) is 0 Å². The van der Waals surface area contributed by atoms with E-state index in [0.29, 0.717) is 0 Å². The molecule has 0 fully saturated rings. The van der Waals surface area contributed by atoms with Crippen LogP contribution in [0.2, 0.25) is 0 Å². The first-order valence-corrected chi connectivity index (χ1v) is 0. The summed E-state index contributed by atoms with van der Waals surface area (Å²) in [6.45, 7) is 0. The summed E-state index contributed by atoms with van der Waals surface area (Å²) in [5, 5.41) is 0. The van der Waals surface area contributed by atoms with Crippen molar-refractivity contribution >= 4 is 77.9 Å². The third kappa shape index (κ3) is 9.00. The molecule has 0 aliphatic carbocycles. The molecular formula is BiMoPbSb. The van der Waals surface area contributed by atoms with Gasteiger partial charge in [-0.3, -0.25) is 0 Å². The third-order valence-corrected chi connectivity index (χ3v) is 0. The SMILES string of the molecule is [Bi].[Mo].[Pb].[Sb]. The molecule has 0 atom stereocenters. The van der Waals surface area contributed by atoms with Crippen LogP contribution in [0, 0.1) is 0 Å². The Morgan fingerprint density at radius 2 is 1.00 bits per heavy atom. The normalized spacial score (nSPS) is 0. The van der Waals surface area contributed by atoms with Crippen molar-refractivity contribution in [1.82, 2.24) is 0 Å². The second-order valence-electron chi connectivity index (χ2n) is 0. The molecule has 0 nitrogen and oxygen atoms in total. The van der Waals surface area contributed by atoms with Gasteiger partial charge in [0.15, 0.2) is 0 Å². The molecule has 0 N–H and O–H groups in total. The molecule has 0 rings (SSSR count). The van der Waals surface area contributed by atoms with Gasteiger partial charge >= 0.3 is 0 Å². The quantitative estimate of drug-likeness (QED) is 0.296. The molecule has 0 amide bonds. The summed E-state index contributed by atoms with van der Waals surface area (Å²) < 4.78 is 0. The zero-order chi connectivity index (χ0) is 0. The number of rotatable bonds is 0. The topological polar surface area (TPSA) is 0 Å². The predicted molar refractivity (Wildman–Crippen MR) is 17.3 cm³/mol. The minimum absolute atomic E-state index is 0. The summed E-state index contributed by atoms with van der Waals surface area (Å²) in [4.78, 5) is 0. The van der Waals surface area contributed by atoms with Gasteiger partial charge in [-0.05, 0) is 0 Å². The second-order valence-corrected chi connectivity index (χ2v) is 0. The van der Waals surface area contributed by atoms with E-state index in [4.69, 9.17) is 0 Å². The van der Waals surface area contributed by atoms with Gasteiger partial charge in [0.1, 0.15) is 0 Å². The fourth-order valence-electron chi connectivity index (χ4n) is 0. The van der Waals surface area contributed by atoms with E-state index in [2.05, 4.69) is 0 Å². The Kier molecular flexibility index (Phi) is 108. The van der Waals surface area contributed by atoms with Crippen molar-refractivity contribution in [2.45, 2.75) is 0 Å². The summed E-state index contributed by atoms with van der Waals surface area (Å²) in [5.74, 6) is 0. The summed E-state index contributed by atoms with van der Waals surface area (Å²) >= 11 is 0. The molecule has 10 radical (unpaired) electrons. The molecule has 0 aromatic rings. The molecule has 0 aromatic heterocycles. The van der Waals surface area contributed by atoms with Crippen LogP contribution in [0.1, 0.15) is 0 Å². The van der Waals surface area contributed by atoms with E-state index in [-0.39, 0.29) is 99.0 Å². The van der Waals surface area contributed by atoms with Crippen LogP contribution in [-0.4, -0.2) is 77.9 Å². The zero-order valence-electron chi connectivity index (χ0n) is 1.80. The molecule has 0 aromatic carbocycles. The van der Waals surface area contributed by atoms with E-state index in [1.165, 1.54) is 0 Å².